The summed E-state index contributed by atoms with van der Waals surface area (Å²) >= 11 is 0. The fraction of sp³-hybridized carbons (Fsp3) is 0.833. The van der Waals surface area contributed by atoms with Gasteiger partial charge in [-0.1, -0.05) is 18.0 Å². The van der Waals surface area contributed by atoms with E-state index in [1.54, 1.807) is 0 Å². The van der Waals surface area contributed by atoms with Crippen LogP contribution in [0, 0.1) is 5.92 Å². The van der Waals surface area contributed by atoms with Crippen LogP contribution in [0.1, 0.15) is 56.2 Å². The van der Waals surface area contributed by atoms with Gasteiger partial charge in [0.1, 0.15) is 0 Å². The Balaban J connectivity index is 1.50. The molecule has 16 heavy (non-hydrogen) atoms. The Kier molecular flexibility index (Phi) is 2.91. The summed E-state index contributed by atoms with van der Waals surface area (Å²) in [6, 6.07) is 0. The van der Waals surface area contributed by atoms with Gasteiger partial charge in [0.15, 0.2) is 5.82 Å². The van der Waals surface area contributed by atoms with Crippen LogP contribution < -0.4 is 5.32 Å². The molecular weight excluding hydrogens is 202 g/mol. The summed E-state index contributed by atoms with van der Waals surface area (Å²) in [5.41, 5.74) is 0. The molecule has 0 atom stereocenters. The highest BCUT2D eigenvalue weighted by molar-refractivity contribution is 4.97. The van der Waals surface area contributed by atoms with E-state index in [1.807, 2.05) is 0 Å². The molecule has 88 valence electrons. The van der Waals surface area contributed by atoms with E-state index < -0.39 is 0 Å². The lowest BCUT2D eigenvalue weighted by atomic mass is 10.1. The van der Waals surface area contributed by atoms with Crippen molar-refractivity contribution in [3.63, 3.8) is 0 Å². The van der Waals surface area contributed by atoms with Crippen molar-refractivity contribution in [1.82, 2.24) is 15.5 Å². The molecule has 3 rings (SSSR count). The molecule has 4 heteroatoms. The standard InChI is InChI=1S/C12H19N3O/c1-2-4-10(3-1)12-14-11(16-15-12)8-13-7-9-5-6-9/h9-10,13H,1-8H2. The van der Waals surface area contributed by atoms with Gasteiger partial charge >= 0.3 is 0 Å². The smallest absolute Gasteiger partial charge is 0.240 e. The van der Waals surface area contributed by atoms with Gasteiger partial charge in [0, 0.05) is 5.92 Å². The average Bonchev–Trinajstić information content (AvgIpc) is 2.83. The second-order valence-corrected chi connectivity index (χ2v) is 5.10. The van der Waals surface area contributed by atoms with Gasteiger partial charge in [-0.05, 0) is 38.1 Å². The van der Waals surface area contributed by atoms with Gasteiger partial charge in [-0.25, -0.2) is 0 Å². The average molecular weight is 221 g/mol. The van der Waals surface area contributed by atoms with Crippen molar-refractivity contribution < 1.29 is 4.52 Å². The maximum Gasteiger partial charge on any atom is 0.240 e. The first-order valence-corrected chi connectivity index (χ1v) is 6.45. The van der Waals surface area contributed by atoms with Crippen LogP contribution in [-0.4, -0.2) is 16.7 Å². The molecule has 1 N–H and O–H groups in total. The first kappa shape index (κ1) is 10.3. The first-order valence-electron chi connectivity index (χ1n) is 6.45. The zero-order valence-electron chi connectivity index (χ0n) is 9.61. The van der Waals surface area contributed by atoms with Crippen molar-refractivity contribution in [3.8, 4) is 0 Å². The second-order valence-electron chi connectivity index (χ2n) is 5.10. The van der Waals surface area contributed by atoms with Gasteiger partial charge in [-0.3, -0.25) is 0 Å². The van der Waals surface area contributed by atoms with Crippen LogP contribution in [-0.2, 0) is 6.54 Å². The van der Waals surface area contributed by atoms with E-state index in [9.17, 15) is 0 Å². The number of rotatable bonds is 5. The third-order valence-electron chi connectivity index (χ3n) is 3.61. The number of nitrogens with zero attached hydrogens (tertiary/aromatic N) is 2. The van der Waals surface area contributed by atoms with Gasteiger partial charge in [-0.2, -0.15) is 4.98 Å². The Morgan fingerprint density at radius 1 is 1.19 bits per heavy atom. The molecular formula is C12H19N3O. The minimum atomic E-state index is 0.556. The van der Waals surface area contributed by atoms with Gasteiger partial charge < -0.3 is 9.84 Å². The molecule has 0 amide bonds. The predicted molar refractivity (Wildman–Crippen MR) is 59.9 cm³/mol. The van der Waals surface area contributed by atoms with Crippen molar-refractivity contribution in [2.75, 3.05) is 6.54 Å². The van der Waals surface area contributed by atoms with Crippen LogP contribution >= 0.6 is 0 Å². The van der Waals surface area contributed by atoms with Crippen molar-refractivity contribution >= 4 is 0 Å². The van der Waals surface area contributed by atoms with Crippen LogP contribution in [0.4, 0.5) is 0 Å². The molecule has 1 aromatic heterocycles. The van der Waals surface area contributed by atoms with Crippen molar-refractivity contribution in [1.29, 1.82) is 0 Å². The zero-order valence-corrected chi connectivity index (χ0v) is 9.61. The fourth-order valence-corrected chi connectivity index (χ4v) is 2.39. The topological polar surface area (TPSA) is 51.0 Å². The SMILES string of the molecule is C1CCC(c2noc(CNCC3CC3)n2)C1. The van der Waals surface area contributed by atoms with E-state index in [0.29, 0.717) is 5.92 Å². The molecule has 2 fully saturated rings. The highest BCUT2D eigenvalue weighted by Gasteiger charge is 2.23. The summed E-state index contributed by atoms with van der Waals surface area (Å²) in [6.45, 7) is 1.83. The summed E-state index contributed by atoms with van der Waals surface area (Å²) in [5, 5.41) is 7.46. The molecule has 0 aromatic carbocycles. The molecule has 2 aliphatic rings. The third kappa shape index (κ3) is 2.43. The minimum absolute atomic E-state index is 0.556. The van der Waals surface area contributed by atoms with E-state index in [0.717, 1.165) is 30.7 Å². The summed E-state index contributed by atoms with van der Waals surface area (Å²) in [6.07, 6.45) is 7.85. The lowest BCUT2D eigenvalue weighted by molar-refractivity contribution is 0.359. The minimum Gasteiger partial charge on any atom is -0.338 e. The Labute approximate surface area is 95.8 Å². The molecule has 0 aliphatic heterocycles. The highest BCUT2D eigenvalue weighted by Crippen LogP contribution is 2.32. The Hall–Kier alpha value is -0.900. The van der Waals surface area contributed by atoms with E-state index >= 15 is 0 Å². The van der Waals surface area contributed by atoms with Gasteiger partial charge in [0.25, 0.3) is 0 Å². The maximum atomic E-state index is 5.26. The van der Waals surface area contributed by atoms with E-state index in [-0.39, 0.29) is 0 Å². The van der Waals surface area contributed by atoms with E-state index in [4.69, 9.17) is 4.52 Å². The number of hydrogen-bond donors (Lipinski definition) is 1. The van der Waals surface area contributed by atoms with Crippen LogP contribution in [0.15, 0.2) is 4.52 Å². The molecule has 1 aromatic rings. The first-order chi connectivity index (χ1) is 7.92. The lowest BCUT2D eigenvalue weighted by Gasteiger charge is -2.00. The number of aromatic nitrogens is 2. The summed E-state index contributed by atoms with van der Waals surface area (Å²) < 4.78 is 5.26. The van der Waals surface area contributed by atoms with Crippen LogP contribution in [0.25, 0.3) is 0 Å². The van der Waals surface area contributed by atoms with Gasteiger partial charge in [-0.15, -0.1) is 0 Å². The van der Waals surface area contributed by atoms with Crippen LogP contribution in [0.5, 0.6) is 0 Å². The van der Waals surface area contributed by atoms with Crippen molar-refractivity contribution in [2.45, 2.75) is 51.0 Å². The van der Waals surface area contributed by atoms with Gasteiger partial charge in [0.2, 0.25) is 5.89 Å². The van der Waals surface area contributed by atoms with Crippen molar-refractivity contribution in [3.05, 3.63) is 11.7 Å². The molecule has 2 saturated carbocycles. The lowest BCUT2D eigenvalue weighted by Crippen LogP contribution is -2.16. The molecule has 4 nitrogen and oxygen atoms in total. The van der Waals surface area contributed by atoms with E-state index in [1.165, 1.54) is 38.5 Å². The van der Waals surface area contributed by atoms with E-state index in [2.05, 4.69) is 15.5 Å². The molecule has 0 unspecified atom stereocenters. The molecule has 0 radical (unpaired) electrons. The molecule has 1 heterocycles. The van der Waals surface area contributed by atoms with Gasteiger partial charge in [0.05, 0.1) is 6.54 Å². The predicted octanol–water partition coefficient (Wildman–Crippen LogP) is 2.23. The largest absolute Gasteiger partial charge is 0.338 e. The molecule has 0 spiro atoms. The maximum absolute atomic E-state index is 5.26. The highest BCUT2D eigenvalue weighted by atomic mass is 16.5. The molecule has 0 bridgehead atoms. The fourth-order valence-electron chi connectivity index (χ4n) is 2.39. The summed E-state index contributed by atoms with van der Waals surface area (Å²) in [5.74, 6) is 3.14. The van der Waals surface area contributed by atoms with Crippen LogP contribution in [0.2, 0.25) is 0 Å². The van der Waals surface area contributed by atoms with Crippen molar-refractivity contribution in [2.24, 2.45) is 5.92 Å². The quantitative estimate of drug-likeness (QED) is 0.828. The number of hydrogen-bond acceptors (Lipinski definition) is 4. The molecule has 2 aliphatic carbocycles. The Morgan fingerprint density at radius 3 is 2.75 bits per heavy atom. The summed E-state index contributed by atoms with van der Waals surface area (Å²) in [4.78, 5) is 4.47. The summed E-state index contributed by atoms with van der Waals surface area (Å²) in [7, 11) is 0. The third-order valence-corrected chi connectivity index (χ3v) is 3.61. The number of nitrogens with one attached hydrogen (secondary N) is 1. The Morgan fingerprint density at radius 2 is 2.00 bits per heavy atom. The molecule has 0 saturated heterocycles. The Bertz CT molecular complexity index is 340. The zero-order chi connectivity index (χ0) is 10.8. The monoisotopic (exact) mass is 221 g/mol. The normalized spacial score (nSPS) is 21.8. The second kappa shape index (κ2) is 4.53. The van der Waals surface area contributed by atoms with Crippen LogP contribution in [0.3, 0.4) is 0 Å².